The number of likely N-dealkylation sites (tertiary alicyclic amines) is 1. The highest BCUT2D eigenvalue weighted by Crippen LogP contribution is 2.39. The first-order valence-corrected chi connectivity index (χ1v) is 6.58. The van der Waals surface area contributed by atoms with Gasteiger partial charge in [-0.2, -0.15) is 0 Å². The largest absolute Gasteiger partial charge is 0.480 e. The monoisotopic (exact) mass is 239 g/mol. The van der Waals surface area contributed by atoms with E-state index in [1.165, 1.54) is 6.42 Å². The van der Waals surface area contributed by atoms with Gasteiger partial charge in [-0.15, -0.1) is 0 Å². The van der Waals surface area contributed by atoms with Crippen molar-refractivity contribution in [3.63, 3.8) is 0 Å². The minimum Gasteiger partial charge on any atom is -0.480 e. The van der Waals surface area contributed by atoms with E-state index in [1.54, 1.807) is 4.90 Å². The van der Waals surface area contributed by atoms with Crippen LogP contribution >= 0.6 is 0 Å². The highest BCUT2D eigenvalue weighted by atomic mass is 16.4. The standard InChI is InChI=1S/C13H21NO3/c1-13(7-3-2-4-8-13)12(17)14-9-5-6-10(14)11(15)16/h10H,2-9H2,1H3,(H,15,16). The molecule has 4 nitrogen and oxygen atoms in total. The molecule has 1 aliphatic carbocycles. The second-order valence-electron chi connectivity index (χ2n) is 5.62. The van der Waals surface area contributed by atoms with Gasteiger partial charge in [-0.3, -0.25) is 4.79 Å². The van der Waals surface area contributed by atoms with Crippen LogP contribution < -0.4 is 0 Å². The highest BCUT2D eigenvalue weighted by Gasteiger charge is 2.43. The SMILES string of the molecule is CC1(C(=O)N2CCCC2C(=O)O)CCCCC1. The molecular formula is C13H21NO3. The van der Waals surface area contributed by atoms with Gasteiger partial charge in [0.2, 0.25) is 5.91 Å². The molecule has 1 saturated carbocycles. The maximum Gasteiger partial charge on any atom is 0.326 e. The fraction of sp³-hybridized carbons (Fsp3) is 0.846. The lowest BCUT2D eigenvalue weighted by molar-refractivity contribution is -0.153. The summed E-state index contributed by atoms with van der Waals surface area (Å²) in [6, 6.07) is -0.582. The highest BCUT2D eigenvalue weighted by molar-refractivity contribution is 5.87. The summed E-state index contributed by atoms with van der Waals surface area (Å²) in [6.07, 6.45) is 6.63. The number of carbonyl (C=O) groups is 2. The molecule has 2 rings (SSSR count). The van der Waals surface area contributed by atoms with Crippen LogP contribution in [0.2, 0.25) is 0 Å². The maximum absolute atomic E-state index is 12.5. The Kier molecular flexibility index (Phi) is 3.40. The Bertz CT molecular complexity index is 321. The normalized spacial score (nSPS) is 28.1. The van der Waals surface area contributed by atoms with E-state index < -0.39 is 12.0 Å². The zero-order valence-corrected chi connectivity index (χ0v) is 10.4. The lowest BCUT2D eigenvalue weighted by Gasteiger charge is -2.37. The van der Waals surface area contributed by atoms with Crippen LogP contribution in [-0.2, 0) is 9.59 Å². The number of rotatable bonds is 2. The molecule has 1 amide bonds. The van der Waals surface area contributed by atoms with Crippen molar-refractivity contribution < 1.29 is 14.7 Å². The Morgan fingerprint density at radius 2 is 1.82 bits per heavy atom. The molecule has 1 aliphatic heterocycles. The van der Waals surface area contributed by atoms with E-state index in [0.717, 1.165) is 32.1 Å². The summed E-state index contributed by atoms with van der Waals surface area (Å²) in [5.41, 5.74) is -0.309. The van der Waals surface area contributed by atoms with Crippen molar-refractivity contribution in [2.45, 2.75) is 57.9 Å². The molecule has 17 heavy (non-hydrogen) atoms. The Morgan fingerprint density at radius 1 is 1.18 bits per heavy atom. The second-order valence-corrected chi connectivity index (χ2v) is 5.62. The van der Waals surface area contributed by atoms with Crippen molar-refractivity contribution in [1.82, 2.24) is 4.90 Å². The number of carboxylic acids is 1. The van der Waals surface area contributed by atoms with Crippen LogP contribution in [-0.4, -0.2) is 34.5 Å². The molecular weight excluding hydrogens is 218 g/mol. The smallest absolute Gasteiger partial charge is 0.326 e. The third-order valence-electron chi connectivity index (χ3n) is 4.27. The third kappa shape index (κ3) is 2.31. The van der Waals surface area contributed by atoms with Gasteiger partial charge in [-0.1, -0.05) is 26.2 Å². The van der Waals surface area contributed by atoms with E-state index in [2.05, 4.69) is 0 Å². The number of hydrogen-bond acceptors (Lipinski definition) is 2. The van der Waals surface area contributed by atoms with Gasteiger partial charge < -0.3 is 10.0 Å². The first-order chi connectivity index (χ1) is 8.04. The molecule has 1 unspecified atom stereocenters. The second kappa shape index (κ2) is 4.67. The molecule has 2 aliphatic rings. The van der Waals surface area contributed by atoms with E-state index in [-0.39, 0.29) is 11.3 Å². The van der Waals surface area contributed by atoms with Gasteiger partial charge in [0.1, 0.15) is 6.04 Å². The summed E-state index contributed by atoms with van der Waals surface area (Å²) < 4.78 is 0. The average Bonchev–Trinajstić information content (AvgIpc) is 2.77. The van der Waals surface area contributed by atoms with Crippen molar-refractivity contribution in [3.05, 3.63) is 0 Å². The Hall–Kier alpha value is -1.06. The molecule has 0 bridgehead atoms. The van der Waals surface area contributed by atoms with Gasteiger partial charge in [0, 0.05) is 12.0 Å². The molecule has 1 heterocycles. The number of nitrogens with zero attached hydrogens (tertiary/aromatic N) is 1. The molecule has 2 fully saturated rings. The summed E-state index contributed by atoms with van der Waals surface area (Å²) in [5, 5.41) is 9.12. The summed E-state index contributed by atoms with van der Waals surface area (Å²) in [5.74, 6) is -0.780. The Labute approximate surface area is 102 Å². The number of carboxylic acid groups (broad SMARTS) is 1. The van der Waals surface area contributed by atoms with E-state index in [1.807, 2.05) is 6.92 Å². The molecule has 0 aromatic heterocycles. The lowest BCUT2D eigenvalue weighted by Crippen LogP contribution is -2.48. The number of carbonyl (C=O) groups excluding carboxylic acids is 1. The number of hydrogen-bond donors (Lipinski definition) is 1. The van der Waals surface area contributed by atoms with Gasteiger partial charge in [0.05, 0.1) is 0 Å². The topological polar surface area (TPSA) is 57.6 Å². The predicted octanol–water partition coefficient (Wildman–Crippen LogP) is 2.03. The van der Waals surface area contributed by atoms with Gasteiger partial charge in [0.25, 0.3) is 0 Å². The van der Waals surface area contributed by atoms with Crippen LogP contribution in [0.25, 0.3) is 0 Å². The van der Waals surface area contributed by atoms with Crippen LogP contribution in [0.15, 0.2) is 0 Å². The van der Waals surface area contributed by atoms with E-state index >= 15 is 0 Å². The first-order valence-electron chi connectivity index (χ1n) is 6.58. The van der Waals surface area contributed by atoms with Gasteiger partial charge in [-0.05, 0) is 25.7 Å². The molecule has 0 aromatic carbocycles. The lowest BCUT2D eigenvalue weighted by atomic mass is 9.74. The van der Waals surface area contributed by atoms with Crippen molar-refractivity contribution in [1.29, 1.82) is 0 Å². The van der Waals surface area contributed by atoms with E-state index in [4.69, 9.17) is 5.11 Å². The van der Waals surface area contributed by atoms with Crippen LogP contribution in [0.4, 0.5) is 0 Å². The van der Waals surface area contributed by atoms with Crippen molar-refractivity contribution in [2.75, 3.05) is 6.54 Å². The molecule has 0 spiro atoms. The zero-order chi connectivity index (χ0) is 12.5. The zero-order valence-electron chi connectivity index (χ0n) is 10.4. The fourth-order valence-electron chi connectivity index (χ4n) is 3.16. The third-order valence-corrected chi connectivity index (χ3v) is 4.27. The molecule has 1 saturated heterocycles. The van der Waals surface area contributed by atoms with Crippen molar-refractivity contribution >= 4 is 11.9 Å². The van der Waals surface area contributed by atoms with Gasteiger partial charge in [-0.25, -0.2) is 4.79 Å². The molecule has 1 atom stereocenters. The maximum atomic E-state index is 12.5. The predicted molar refractivity (Wildman–Crippen MR) is 63.6 cm³/mol. The quantitative estimate of drug-likeness (QED) is 0.802. The number of aliphatic carboxylic acids is 1. The molecule has 0 aromatic rings. The van der Waals surface area contributed by atoms with Crippen molar-refractivity contribution in [2.24, 2.45) is 5.41 Å². The fourth-order valence-corrected chi connectivity index (χ4v) is 3.16. The first kappa shape index (κ1) is 12.4. The van der Waals surface area contributed by atoms with Crippen LogP contribution in [0.1, 0.15) is 51.9 Å². The number of amides is 1. The summed E-state index contributed by atoms with van der Waals surface area (Å²) >= 11 is 0. The molecule has 1 N–H and O–H groups in total. The Morgan fingerprint density at radius 3 is 2.41 bits per heavy atom. The van der Waals surface area contributed by atoms with Crippen LogP contribution in [0.5, 0.6) is 0 Å². The van der Waals surface area contributed by atoms with E-state index in [9.17, 15) is 9.59 Å². The average molecular weight is 239 g/mol. The summed E-state index contributed by atoms with van der Waals surface area (Å²) in [6.45, 7) is 2.62. The minimum atomic E-state index is -0.852. The van der Waals surface area contributed by atoms with Crippen LogP contribution in [0.3, 0.4) is 0 Å². The van der Waals surface area contributed by atoms with Gasteiger partial charge >= 0.3 is 5.97 Å². The Balaban J connectivity index is 2.10. The van der Waals surface area contributed by atoms with E-state index in [0.29, 0.717) is 13.0 Å². The molecule has 96 valence electrons. The van der Waals surface area contributed by atoms with Gasteiger partial charge in [0.15, 0.2) is 0 Å². The molecule has 4 heteroatoms. The summed E-state index contributed by atoms with van der Waals surface area (Å²) in [4.78, 5) is 25.2. The van der Waals surface area contributed by atoms with Crippen molar-refractivity contribution in [3.8, 4) is 0 Å². The van der Waals surface area contributed by atoms with Crippen LogP contribution in [0, 0.1) is 5.41 Å². The molecule has 0 radical (unpaired) electrons. The summed E-state index contributed by atoms with van der Waals surface area (Å²) in [7, 11) is 0. The minimum absolute atomic E-state index is 0.0714.